The van der Waals surface area contributed by atoms with Gasteiger partial charge in [0.2, 0.25) is 0 Å². The number of carboxylic acid groups (broad SMARTS) is 1. The standard InChI is InChI=1S/C13H13NO3S/c1-2-9(13(16)17)14-12(15)11-7-8-5-3-4-6-10(8)18-11/h3-7,9H,2H2,1H3,(H,14,15)(H,16,17). The van der Waals surface area contributed by atoms with Crippen molar-refractivity contribution in [1.29, 1.82) is 0 Å². The molecule has 1 heterocycles. The van der Waals surface area contributed by atoms with E-state index in [9.17, 15) is 9.59 Å². The third kappa shape index (κ3) is 2.51. The van der Waals surface area contributed by atoms with E-state index in [4.69, 9.17) is 5.11 Å². The summed E-state index contributed by atoms with van der Waals surface area (Å²) in [5, 5.41) is 12.4. The van der Waals surface area contributed by atoms with E-state index in [1.807, 2.05) is 24.3 Å². The van der Waals surface area contributed by atoms with Gasteiger partial charge in [-0.15, -0.1) is 11.3 Å². The molecule has 0 saturated heterocycles. The number of hydrogen-bond acceptors (Lipinski definition) is 3. The molecule has 1 atom stereocenters. The zero-order valence-electron chi connectivity index (χ0n) is 9.84. The molecule has 0 radical (unpaired) electrons. The van der Waals surface area contributed by atoms with E-state index < -0.39 is 12.0 Å². The average molecular weight is 263 g/mol. The minimum atomic E-state index is -1.01. The Labute approximate surface area is 108 Å². The number of hydrogen-bond donors (Lipinski definition) is 2. The fraction of sp³-hybridized carbons (Fsp3) is 0.231. The third-order valence-electron chi connectivity index (χ3n) is 2.66. The van der Waals surface area contributed by atoms with E-state index in [-0.39, 0.29) is 5.91 Å². The van der Waals surface area contributed by atoms with Gasteiger partial charge in [-0.1, -0.05) is 25.1 Å². The summed E-state index contributed by atoms with van der Waals surface area (Å²) in [5.41, 5.74) is 0. The van der Waals surface area contributed by atoms with Crippen molar-refractivity contribution >= 4 is 33.3 Å². The highest BCUT2D eigenvalue weighted by Gasteiger charge is 2.19. The van der Waals surface area contributed by atoms with Gasteiger partial charge in [-0.25, -0.2) is 4.79 Å². The van der Waals surface area contributed by atoms with Gasteiger partial charge in [-0.05, 0) is 23.9 Å². The maximum Gasteiger partial charge on any atom is 0.326 e. The Hall–Kier alpha value is -1.88. The molecule has 0 saturated carbocycles. The van der Waals surface area contributed by atoms with Crippen LogP contribution in [0.25, 0.3) is 10.1 Å². The van der Waals surface area contributed by atoms with Crippen LogP contribution in [0.5, 0.6) is 0 Å². The van der Waals surface area contributed by atoms with Gasteiger partial charge in [0.1, 0.15) is 6.04 Å². The number of nitrogens with one attached hydrogen (secondary N) is 1. The van der Waals surface area contributed by atoms with Crippen LogP contribution in [0.3, 0.4) is 0 Å². The summed E-state index contributed by atoms with van der Waals surface area (Å²) < 4.78 is 1.02. The first-order chi connectivity index (χ1) is 8.61. The van der Waals surface area contributed by atoms with Crippen LogP contribution in [0, 0.1) is 0 Å². The lowest BCUT2D eigenvalue weighted by molar-refractivity contribution is -0.139. The van der Waals surface area contributed by atoms with Crippen LogP contribution in [-0.2, 0) is 4.79 Å². The maximum atomic E-state index is 11.9. The van der Waals surface area contributed by atoms with Gasteiger partial charge in [-0.2, -0.15) is 0 Å². The first-order valence-electron chi connectivity index (χ1n) is 5.64. The third-order valence-corrected chi connectivity index (χ3v) is 3.78. The molecule has 1 unspecified atom stereocenters. The summed E-state index contributed by atoms with van der Waals surface area (Å²) in [5.74, 6) is -1.34. The van der Waals surface area contributed by atoms with Crippen LogP contribution in [0.1, 0.15) is 23.0 Å². The minimum Gasteiger partial charge on any atom is -0.480 e. The lowest BCUT2D eigenvalue weighted by Gasteiger charge is -2.10. The second kappa shape index (κ2) is 5.18. The number of rotatable bonds is 4. The summed E-state index contributed by atoms with van der Waals surface area (Å²) in [6.45, 7) is 1.73. The molecule has 5 heteroatoms. The first kappa shape index (κ1) is 12.6. The Balaban J connectivity index is 2.20. The second-order valence-corrected chi connectivity index (χ2v) is 5.00. The maximum absolute atomic E-state index is 11.9. The van der Waals surface area contributed by atoms with Crippen LogP contribution in [0.4, 0.5) is 0 Å². The fourth-order valence-electron chi connectivity index (χ4n) is 1.66. The lowest BCUT2D eigenvalue weighted by Crippen LogP contribution is -2.39. The van der Waals surface area contributed by atoms with E-state index in [0.29, 0.717) is 11.3 Å². The van der Waals surface area contributed by atoms with Gasteiger partial charge in [0.05, 0.1) is 4.88 Å². The Bertz CT molecular complexity index is 558. The minimum absolute atomic E-state index is 0.328. The topological polar surface area (TPSA) is 66.4 Å². The van der Waals surface area contributed by atoms with Crippen LogP contribution >= 0.6 is 11.3 Å². The Morgan fingerprint density at radius 3 is 2.72 bits per heavy atom. The molecule has 1 aromatic carbocycles. The number of carbonyl (C=O) groups excluding carboxylic acids is 1. The molecule has 0 aliphatic rings. The van der Waals surface area contributed by atoms with Crippen LogP contribution < -0.4 is 5.32 Å². The van der Waals surface area contributed by atoms with Crippen LogP contribution in [0.15, 0.2) is 30.3 Å². The monoisotopic (exact) mass is 263 g/mol. The molecule has 0 aliphatic heterocycles. The quantitative estimate of drug-likeness (QED) is 0.890. The van der Waals surface area contributed by atoms with Crippen molar-refractivity contribution in [2.45, 2.75) is 19.4 Å². The Morgan fingerprint density at radius 1 is 1.39 bits per heavy atom. The van der Waals surface area contributed by atoms with Gasteiger partial charge in [0.25, 0.3) is 5.91 Å². The lowest BCUT2D eigenvalue weighted by atomic mass is 10.2. The van der Waals surface area contributed by atoms with E-state index in [0.717, 1.165) is 10.1 Å². The van der Waals surface area contributed by atoms with Crippen LogP contribution in [-0.4, -0.2) is 23.0 Å². The number of fused-ring (bicyclic) bond motifs is 1. The van der Waals surface area contributed by atoms with E-state index >= 15 is 0 Å². The highest BCUT2D eigenvalue weighted by molar-refractivity contribution is 7.20. The van der Waals surface area contributed by atoms with Gasteiger partial charge in [0.15, 0.2) is 0 Å². The number of aliphatic carboxylic acids is 1. The Morgan fingerprint density at radius 2 is 2.11 bits per heavy atom. The molecule has 0 fully saturated rings. The molecule has 94 valence electrons. The molecule has 4 nitrogen and oxygen atoms in total. The van der Waals surface area contributed by atoms with Crippen molar-refractivity contribution in [3.05, 3.63) is 35.2 Å². The normalized spacial score (nSPS) is 12.3. The number of benzene rings is 1. The van der Waals surface area contributed by atoms with Crippen molar-refractivity contribution in [3.8, 4) is 0 Å². The number of carboxylic acids is 1. The highest BCUT2D eigenvalue weighted by Crippen LogP contribution is 2.25. The molecular weight excluding hydrogens is 250 g/mol. The van der Waals surface area contributed by atoms with Gasteiger partial charge in [0, 0.05) is 4.70 Å². The molecule has 1 amide bonds. The largest absolute Gasteiger partial charge is 0.480 e. The molecule has 0 spiro atoms. The summed E-state index contributed by atoms with van der Waals surface area (Å²) >= 11 is 1.36. The summed E-state index contributed by atoms with van der Waals surface area (Å²) in [6, 6.07) is 8.63. The van der Waals surface area contributed by atoms with Crippen molar-refractivity contribution in [2.75, 3.05) is 0 Å². The summed E-state index contributed by atoms with van der Waals surface area (Å²) in [6.07, 6.45) is 0.367. The first-order valence-corrected chi connectivity index (χ1v) is 6.45. The molecule has 2 N–H and O–H groups in total. The zero-order valence-corrected chi connectivity index (χ0v) is 10.7. The van der Waals surface area contributed by atoms with Crippen molar-refractivity contribution < 1.29 is 14.7 Å². The molecule has 18 heavy (non-hydrogen) atoms. The van der Waals surface area contributed by atoms with Crippen molar-refractivity contribution in [1.82, 2.24) is 5.32 Å². The fourth-order valence-corrected chi connectivity index (χ4v) is 2.63. The molecule has 1 aromatic heterocycles. The number of amides is 1. The molecule has 0 aliphatic carbocycles. The van der Waals surface area contributed by atoms with Gasteiger partial charge in [-0.3, -0.25) is 4.79 Å². The number of thiophene rings is 1. The van der Waals surface area contributed by atoms with E-state index in [2.05, 4.69) is 5.32 Å². The predicted octanol–water partition coefficient (Wildman–Crippen LogP) is 2.49. The summed E-state index contributed by atoms with van der Waals surface area (Å²) in [7, 11) is 0. The van der Waals surface area contributed by atoms with Gasteiger partial charge < -0.3 is 10.4 Å². The van der Waals surface area contributed by atoms with E-state index in [1.165, 1.54) is 11.3 Å². The highest BCUT2D eigenvalue weighted by atomic mass is 32.1. The second-order valence-electron chi connectivity index (χ2n) is 3.92. The summed E-state index contributed by atoms with van der Waals surface area (Å²) in [4.78, 5) is 23.3. The number of carbonyl (C=O) groups is 2. The average Bonchev–Trinajstić information content (AvgIpc) is 2.79. The molecule has 2 aromatic rings. The van der Waals surface area contributed by atoms with Gasteiger partial charge >= 0.3 is 5.97 Å². The predicted molar refractivity (Wildman–Crippen MR) is 71.0 cm³/mol. The van der Waals surface area contributed by atoms with Crippen molar-refractivity contribution in [2.24, 2.45) is 0 Å². The molecule has 0 bridgehead atoms. The Kier molecular flexibility index (Phi) is 3.62. The van der Waals surface area contributed by atoms with E-state index in [1.54, 1.807) is 13.0 Å². The molecule has 2 rings (SSSR count). The van der Waals surface area contributed by atoms with Crippen LogP contribution in [0.2, 0.25) is 0 Å². The molecular formula is C13H13NO3S. The SMILES string of the molecule is CCC(NC(=O)c1cc2ccccc2s1)C(=O)O. The smallest absolute Gasteiger partial charge is 0.326 e. The van der Waals surface area contributed by atoms with Crippen molar-refractivity contribution in [3.63, 3.8) is 0 Å². The zero-order chi connectivity index (χ0) is 13.1.